The topological polar surface area (TPSA) is 38.8 Å². The van der Waals surface area contributed by atoms with Crippen molar-refractivity contribution in [3.63, 3.8) is 0 Å². The van der Waals surface area contributed by atoms with Crippen molar-refractivity contribution in [2.45, 2.75) is 0 Å². The Morgan fingerprint density at radius 3 is 2.23 bits per heavy atom. The molecule has 5 heteroatoms. The van der Waals surface area contributed by atoms with E-state index in [1.807, 2.05) is 0 Å². The van der Waals surface area contributed by atoms with Crippen molar-refractivity contribution in [3.8, 4) is 11.5 Å². The molecule has 0 unspecified atom stereocenters. The summed E-state index contributed by atoms with van der Waals surface area (Å²) in [7, 11) is 3.34. The molecular formula is C17H18ClNO3. The van der Waals surface area contributed by atoms with E-state index in [9.17, 15) is 4.79 Å². The predicted molar refractivity (Wildman–Crippen MR) is 86.9 cm³/mol. The number of amides is 1. The first-order chi connectivity index (χ1) is 10.6. The lowest BCUT2D eigenvalue weighted by atomic mass is 10.2. The number of likely N-dealkylation sites (N-methyl/N-ethyl adjacent to an activating group) is 1. The Kier molecular flexibility index (Phi) is 5.67. The van der Waals surface area contributed by atoms with Gasteiger partial charge in [0.2, 0.25) is 0 Å². The summed E-state index contributed by atoms with van der Waals surface area (Å²) in [4.78, 5) is 13.9. The molecule has 0 aromatic heterocycles. The maximum atomic E-state index is 12.2. The van der Waals surface area contributed by atoms with Crippen LogP contribution in [0.25, 0.3) is 0 Å². The molecule has 0 saturated heterocycles. The van der Waals surface area contributed by atoms with E-state index in [1.165, 1.54) is 0 Å². The third-order valence-corrected chi connectivity index (χ3v) is 3.44. The van der Waals surface area contributed by atoms with Gasteiger partial charge < -0.3 is 14.4 Å². The molecular weight excluding hydrogens is 302 g/mol. The minimum atomic E-state index is -0.0534. The summed E-state index contributed by atoms with van der Waals surface area (Å²) >= 11 is 5.81. The van der Waals surface area contributed by atoms with Gasteiger partial charge in [-0.15, -0.1) is 0 Å². The van der Waals surface area contributed by atoms with E-state index >= 15 is 0 Å². The van der Waals surface area contributed by atoms with Crippen molar-refractivity contribution in [2.24, 2.45) is 0 Å². The number of carbonyl (C=O) groups is 1. The third-order valence-electron chi connectivity index (χ3n) is 3.19. The van der Waals surface area contributed by atoms with Crippen LogP contribution in [0, 0.1) is 0 Å². The second-order valence-electron chi connectivity index (χ2n) is 4.76. The summed E-state index contributed by atoms with van der Waals surface area (Å²) in [5, 5.41) is 0.666. The van der Waals surface area contributed by atoms with Gasteiger partial charge in [0.25, 0.3) is 5.91 Å². The van der Waals surface area contributed by atoms with Gasteiger partial charge in [0.1, 0.15) is 18.1 Å². The Morgan fingerprint density at radius 1 is 1.05 bits per heavy atom. The maximum absolute atomic E-state index is 12.2. The predicted octanol–water partition coefficient (Wildman–Crippen LogP) is 3.50. The number of rotatable bonds is 6. The Hall–Kier alpha value is -2.20. The van der Waals surface area contributed by atoms with Crippen molar-refractivity contribution in [3.05, 3.63) is 59.1 Å². The Labute approximate surface area is 135 Å². The summed E-state index contributed by atoms with van der Waals surface area (Å²) in [6.07, 6.45) is 0. The van der Waals surface area contributed by atoms with E-state index in [1.54, 1.807) is 67.6 Å². The molecule has 116 valence electrons. The van der Waals surface area contributed by atoms with E-state index in [2.05, 4.69) is 0 Å². The number of hydrogen-bond donors (Lipinski definition) is 0. The maximum Gasteiger partial charge on any atom is 0.253 e. The molecule has 0 aliphatic rings. The molecule has 0 aliphatic carbocycles. The molecule has 0 radical (unpaired) electrons. The van der Waals surface area contributed by atoms with E-state index in [-0.39, 0.29) is 5.91 Å². The van der Waals surface area contributed by atoms with Crippen molar-refractivity contribution >= 4 is 17.5 Å². The van der Waals surface area contributed by atoms with E-state index < -0.39 is 0 Å². The molecule has 0 saturated carbocycles. The molecule has 2 aromatic carbocycles. The molecule has 0 spiro atoms. The monoisotopic (exact) mass is 319 g/mol. The van der Waals surface area contributed by atoms with Crippen molar-refractivity contribution in [2.75, 3.05) is 27.3 Å². The Bertz CT molecular complexity index is 611. The number of ether oxygens (including phenoxy) is 2. The van der Waals surface area contributed by atoms with Crippen LogP contribution in [-0.4, -0.2) is 38.1 Å². The van der Waals surface area contributed by atoms with E-state index in [4.69, 9.17) is 21.1 Å². The van der Waals surface area contributed by atoms with E-state index in [0.29, 0.717) is 23.7 Å². The van der Waals surface area contributed by atoms with Gasteiger partial charge in [-0.2, -0.15) is 0 Å². The summed E-state index contributed by atoms with van der Waals surface area (Å²) in [6.45, 7) is 0.910. The van der Waals surface area contributed by atoms with Crippen LogP contribution in [0.2, 0.25) is 5.02 Å². The highest BCUT2D eigenvalue weighted by molar-refractivity contribution is 6.30. The standard InChI is InChI=1S/C17H18ClNO3/c1-19(11-12-22-16-9-5-14(18)6-10-16)17(20)13-3-7-15(21-2)8-4-13/h3-10H,11-12H2,1-2H3. The number of benzene rings is 2. The molecule has 4 nitrogen and oxygen atoms in total. The van der Waals surface area contributed by atoms with Gasteiger partial charge >= 0.3 is 0 Å². The smallest absolute Gasteiger partial charge is 0.253 e. The molecule has 22 heavy (non-hydrogen) atoms. The van der Waals surface area contributed by atoms with Gasteiger partial charge in [0, 0.05) is 17.6 Å². The average Bonchev–Trinajstić information content (AvgIpc) is 2.56. The van der Waals surface area contributed by atoms with Gasteiger partial charge in [0.05, 0.1) is 13.7 Å². The highest BCUT2D eigenvalue weighted by Crippen LogP contribution is 2.16. The first-order valence-corrected chi connectivity index (χ1v) is 7.26. The van der Waals surface area contributed by atoms with Crippen molar-refractivity contribution < 1.29 is 14.3 Å². The summed E-state index contributed by atoms with van der Waals surface area (Å²) in [6, 6.07) is 14.2. The molecule has 0 aliphatic heterocycles. The first-order valence-electron chi connectivity index (χ1n) is 6.88. The van der Waals surface area contributed by atoms with E-state index in [0.717, 1.165) is 11.5 Å². The fourth-order valence-electron chi connectivity index (χ4n) is 1.89. The molecule has 0 heterocycles. The molecule has 0 fully saturated rings. The van der Waals surface area contributed by atoms with Crippen LogP contribution in [0.1, 0.15) is 10.4 Å². The van der Waals surface area contributed by atoms with Crippen LogP contribution in [-0.2, 0) is 0 Å². The largest absolute Gasteiger partial charge is 0.497 e. The average molecular weight is 320 g/mol. The highest BCUT2D eigenvalue weighted by atomic mass is 35.5. The van der Waals surface area contributed by atoms with Crippen LogP contribution >= 0.6 is 11.6 Å². The van der Waals surface area contributed by atoms with Gasteiger partial charge in [-0.3, -0.25) is 4.79 Å². The summed E-state index contributed by atoms with van der Waals surface area (Å²) < 4.78 is 10.7. The zero-order valence-corrected chi connectivity index (χ0v) is 13.3. The molecule has 0 bridgehead atoms. The normalized spacial score (nSPS) is 10.1. The number of halogens is 1. The van der Waals surface area contributed by atoms with Crippen LogP contribution in [0.3, 0.4) is 0 Å². The molecule has 1 amide bonds. The van der Waals surface area contributed by atoms with Crippen LogP contribution in [0.5, 0.6) is 11.5 Å². The van der Waals surface area contributed by atoms with Gasteiger partial charge in [0.15, 0.2) is 0 Å². The minimum Gasteiger partial charge on any atom is -0.497 e. The minimum absolute atomic E-state index is 0.0534. The Balaban J connectivity index is 1.84. The lowest BCUT2D eigenvalue weighted by Crippen LogP contribution is -2.30. The fraction of sp³-hybridized carbons (Fsp3) is 0.235. The molecule has 0 N–H and O–H groups in total. The third kappa shape index (κ3) is 4.40. The summed E-state index contributed by atoms with van der Waals surface area (Å²) in [5.41, 5.74) is 0.620. The summed E-state index contributed by atoms with van der Waals surface area (Å²) in [5.74, 6) is 1.40. The van der Waals surface area contributed by atoms with Crippen molar-refractivity contribution in [1.82, 2.24) is 4.90 Å². The van der Waals surface area contributed by atoms with Gasteiger partial charge in [-0.05, 0) is 48.5 Å². The fourth-order valence-corrected chi connectivity index (χ4v) is 2.01. The molecule has 2 aromatic rings. The quantitative estimate of drug-likeness (QED) is 0.818. The molecule has 0 atom stereocenters. The second kappa shape index (κ2) is 7.71. The molecule has 2 rings (SSSR count). The van der Waals surface area contributed by atoms with Gasteiger partial charge in [-0.1, -0.05) is 11.6 Å². The zero-order chi connectivity index (χ0) is 15.9. The highest BCUT2D eigenvalue weighted by Gasteiger charge is 2.11. The first kappa shape index (κ1) is 16.2. The number of methoxy groups -OCH3 is 1. The van der Waals surface area contributed by atoms with Crippen molar-refractivity contribution in [1.29, 1.82) is 0 Å². The SMILES string of the molecule is COc1ccc(C(=O)N(C)CCOc2ccc(Cl)cc2)cc1. The lowest BCUT2D eigenvalue weighted by molar-refractivity contribution is 0.0774. The Morgan fingerprint density at radius 2 is 1.64 bits per heavy atom. The number of hydrogen-bond acceptors (Lipinski definition) is 3. The second-order valence-corrected chi connectivity index (χ2v) is 5.19. The number of nitrogens with zero attached hydrogens (tertiary/aromatic N) is 1. The van der Waals surface area contributed by atoms with Crippen LogP contribution in [0.4, 0.5) is 0 Å². The van der Waals surface area contributed by atoms with Gasteiger partial charge in [-0.25, -0.2) is 0 Å². The zero-order valence-electron chi connectivity index (χ0n) is 12.6. The van der Waals surface area contributed by atoms with Crippen LogP contribution in [0.15, 0.2) is 48.5 Å². The number of carbonyl (C=O) groups excluding carboxylic acids is 1. The van der Waals surface area contributed by atoms with Crippen LogP contribution < -0.4 is 9.47 Å². The lowest BCUT2D eigenvalue weighted by Gasteiger charge is -2.17.